The molecule has 5 heteroatoms. The minimum Gasteiger partial charge on any atom is -0.477 e. The minimum atomic E-state index is -1.18. The van der Waals surface area contributed by atoms with Gasteiger partial charge in [-0.15, -0.1) is 0 Å². The summed E-state index contributed by atoms with van der Waals surface area (Å²) in [5.74, 6) is -1.18. The minimum absolute atomic E-state index is 0.154. The van der Waals surface area contributed by atoms with Crippen LogP contribution in [0.4, 0.5) is 0 Å². The van der Waals surface area contributed by atoms with Crippen LogP contribution in [0.2, 0.25) is 0 Å². The summed E-state index contributed by atoms with van der Waals surface area (Å²) >= 11 is 0. The Balaban J connectivity index is 2.86. The van der Waals surface area contributed by atoms with Gasteiger partial charge in [-0.25, -0.2) is 4.79 Å². The molecule has 0 bridgehead atoms. The smallest absolute Gasteiger partial charge is 0.341 e. The molecule has 0 saturated heterocycles. The van der Waals surface area contributed by atoms with Crippen LogP contribution in [-0.4, -0.2) is 28.9 Å². The van der Waals surface area contributed by atoms with E-state index in [1.807, 2.05) is 0 Å². The van der Waals surface area contributed by atoms with Crippen LogP contribution in [0, 0.1) is 13.8 Å². The van der Waals surface area contributed by atoms with Crippen LogP contribution in [0.1, 0.15) is 41.4 Å². The van der Waals surface area contributed by atoms with Crippen LogP contribution in [0.15, 0.2) is 10.9 Å². The molecule has 0 fully saturated rings. The van der Waals surface area contributed by atoms with Crippen molar-refractivity contribution in [2.24, 2.45) is 0 Å². The van der Waals surface area contributed by atoms with Gasteiger partial charge in [0.2, 0.25) is 0 Å². The molecule has 0 atom stereocenters. The number of aromatic nitrogens is 1. The Morgan fingerprint density at radius 2 is 2.05 bits per heavy atom. The number of hydrogen-bond acceptors (Lipinski definition) is 3. The summed E-state index contributed by atoms with van der Waals surface area (Å²) in [5, 5.41) is 9.06. The van der Waals surface area contributed by atoms with Gasteiger partial charge in [-0.05, 0) is 31.9 Å². The van der Waals surface area contributed by atoms with Gasteiger partial charge in [0, 0.05) is 18.8 Å². The second-order valence-electron chi connectivity index (χ2n) is 4.57. The number of pyridine rings is 1. The standard InChI is InChI=1S/C14H21NO4/c1-4-5-7-19-8-6-15-11(3)9-10(2)12(13(15)16)14(17)18/h9H,4-8H2,1-3H3,(H,17,18). The van der Waals surface area contributed by atoms with Gasteiger partial charge in [0.25, 0.3) is 5.56 Å². The molecule has 0 saturated carbocycles. The summed E-state index contributed by atoms with van der Waals surface area (Å²) in [4.78, 5) is 23.2. The van der Waals surface area contributed by atoms with E-state index in [4.69, 9.17) is 9.84 Å². The molecule has 1 aromatic rings. The van der Waals surface area contributed by atoms with Crippen LogP contribution in [-0.2, 0) is 11.3 Å². The van der Waals surface area contributed by atoms with Gasteiger partial charge in [-0.2, -0.15) is 0 Å². The molecule has 19 heavy (non-hydrogen) atoms. The summed E-state index contributed by atoms with van der Waals surface area (Å²) in [6.07, 6.45) is 2.05. The molecule has 5 nitrogen and oxygen atoms in total. The highest BCUT2D eigenvalue weighted by Gasteiger charge is 2.16. The van der Waals surface area contributed by atoms with E-state index in [0.29, 0.717) is 25.3 Å². The van der Waals surface area contributed by atoms with Crippen LogP contribution < -0.4 is 5.56 Å². The second kappa shape index (κ2) is 7.09. The molecule has 1 aromatic heterocycles. The Morgan fingerprint density at radius 3 is 2.63 bits per heavy atom. The van der Waals surface area contributed by atoms with Gasteiger partial charge in [0.05, 0.1) is 6.61 Å². The van der Waals surface area contributed by atoms with E-state index in [2.05, 4.69) is 6.92 Å². The number of hydrogen-bond donors (Lipinski definition) is 1. The van der Waals surface area contributed by atoms with E-state index in [1.54, 1.807) is 19.9 Å². The lowest BCUT2D eigenvalue weighted by Crippen LogP contribution is -2.30. The zero-order valence-corrected chi connectivity index (χ0v) is 11.7. The second-order valence-corrected chi connectivity index (χ2v) is 4.57. The van der Waals surface area contributed by atoms with Crippen LogP contribution >= 0.6 is 0 Å². The number of nitrogens with zero attached hydrogens (tertiary/aromatic N) is 1. The van der Waals surface area contributed by atoms with Gasteiger partial charge >= 0.3 is 5.97 Å². The lowest BCUT2D eigenvalue weighted by Gasteiger charge is -2.13. The average Bonchev–Trinajstić information content (AvgIpc) is 2.31. The van der Waals surface area contributed by atoms with E-state index < -0.39 is 11.5 Å². The van der Waals surface area contributed by atoms with E-state index in [-0.39, 0.29) is 5.56 Å². The Kier molecular flexibility index (Phi) is 5.76. The van der Waals surface area contributed by atoms with Gasteiger partial charge in [-0.3, -0.25) is 4.79 Å². The highest BCUT2D eigenvalue weighted by atomic mass is 16.5. The lowest BCUT2D eigenvalue weighted by atomic mass is 10.1. The van der Waals surface area contributed by atoms with Crippen LogP contribution in [0.25, 0.3) is 0 Å². The molecule has 1 rings (SSSR count). The average molecular weight is 267 g/mol. The zero-order chi connectivity index (χ0) is 14.4. The monoisotopic (exact) mass is 267 g/mol. The molecule has 0 radical (unpaired) electrons. The zero-order valence-electron chi connectivity index (χ0n) is 11.7. The summed E-state index contributed by atoms with van der Waals surface area (Å²) in [7, 11) is 0. The van der Waals surface area contributed by atoms with Crippen molar-refractivity contribution in [1.29, 1.82) is 0 Å². The van der Waals surface area contributed by atoms with Gasteiger partial charge in [0.1, 0.15) is 5.56 Å². The fourth-order valence-electron chi connectivity index (χ4n) is 1.97. The quantitative estimate of drug-likeness (QED) is 0.767. The first-order valence-corrected chi connectivity index (χ1v) is 6.51. The summed E-state index contributed by atoms with van der Waals surface area (Å²) in [6.45, 7) is 6.99. The third kappa shape index (κ3) is 3.92. The molecular weight excluding hydrogens is 246 g/mol. The Bertz CT molecular complexity index is 505. The number of rotatable bonds is 7. The highest BCUT2D eigenvalue weighted by molar-refractivity contribution is 5.88. The number of ether oxygens (including phenoxy) is 1. The van der Waals surface area contributed by atoms with E-state index >= 15 is 0 Å². The maximum atomic E-state index is 12.1. The topological polar surface area (TPSA) is 68.5 Å². The molecule has 1 N–H and O–H groups in total. The summed E-state index contributed by atoms with van der Waals surface area (Å²) in [5.41, 5.74) is 0.646. The molecule has 0 spiro atoms. The molecule has 0 aromatic carbocycles. The lowest BCUT2D eigenvalue weighted by molar-refractivity contribution is 0.0692. The number of carbonyl (C=O) groups is 1. The van der Waals surface area contributed by atoms with E-state index in [9.17, 15) is 9.59 Å². The SMILES string of the molecule is CCCCOCCn1c(C)cc(C)c(C(=O)O)c1=O. The molecule has 0 aliphatic carbocycles. The molecule has 0 aliphatic heterocycles. The normalized spacial score (nSPS) is 10.7. The Labute approximate surface area is 112 Å². The first-order valence-electron chi connectivity index (χ1n) is 6.51. The van der Waals surface area contributed by atoms with E-state index in [0.717, 1.165) is 18.5 Å². The number of carboxylic acids is 1. The third-order valence-electron chi connectivity index (χ3n) is 3.02. The first kappa shape index (κ1) is 15.4. The predicted octanol–water partition coefficient (Wildman–Crippen LogP) is 1.98. The van der Waals surface area contributed by atoms with Gasteiger partial charge < -0.3 is 14.4 Å². The predicted molar refractivity (Wildman–Crippen MR) is 72.9 cm³/mol. The maximum Gasteiger partial charge on any atom is 0.341 e. The molecule has 0 aliphatic rings. The van der Waals surface area contributed by atoms with Crippen molar-refractivity contribution in [2.45, 2.75) is 40.2 Å². The summed E-state index contributed by atoms with van der Waals surface area (Å²) in [6, 6.07) is 1.72. The Morgan fingerprint density at radius 1 is 1.37 bits per heavy atom. The molecule has 1 heterocycles. The van der Waals surface area contributed by atoms with E-state index in [1.165, 1.54) is 4.57 Å². The van der Waals surface area contributed by atoms with Crippen molar-refractivity contribution >= 4 is 5.97 Å². The number of aromatic carboxylic acids is 1. The van der Waals surface area contributed by atoms with Gasteiger partial charge in [0.15, 0.2) is 0 Å². The van der Waals surface area contributed by atoms with Crippen LogP contribution in [0.5, 0.6) is 0 Å². The number of aryl methyl sites for hydroxylation is 2. The van der Waals surface area contributed by atoms with Crippen LogP contribution in [0.3, 0.4) is 0 Å². The van der Waals surface area contributed by atoms with Crippen molar-refractivity contribution in [3.8, 4) is 0 Å². The van der Waals surface area contributed by atoms with Crippen molar-refractivity contribution in [3.05, 3.63) is 33.2 Å². The first-order chi connectivity index (χ1) is 8.99. The summed E-state index contributed by atoms with van der Waals surface area (Å²) < 4.78 is 6.87. The van der Waals surface area contributed by atoms with Crippen molar-refractivity contribution < 1.29 is 14.6 Å². The molecule has 0 unspecified atom stereocenters. The fourth-order valence-corrected chi connectivity index (χ4v) is 1.97. The maximum absolute atomic E-state index is 12.1. The fraction of sp³-hybridized carbons (Fsp3) is 0.571. The highest BCUT2D eigenvalue weighted by Crippen LogP contribution is 2.06. The number of carboxylic acid groups (broad SMARTS) is 1. The van der Waals surface area contributed by atoms with Crippen molar-refractivity contribution in [1.82, 2.24) is 4.57 Å². The largest absolute Gasteiger partial charge is 0.477 e. The molecule has 0 amide bonds. The van der Waals surface area contributed by atoms with Crippen molar-refractivity contribution in [2.75, 3.05) is 13.2 Å². The Hall–Kier alpha value is -1.62. The molecule has 106 valence electrons. The third-order valence-corrected chi connectivity index (χ3v) is 3.02. The number of unbranched alkanes of at least 4 members (excludes halogenated alkanes) is 1. The molecular formula is C14H21NO4. The van der Waals surface area contributed by atoms with Gasteiger partial charge in [-0.1, -0.05) is 13.3 Å². The van der Waals surface area contributed by atoms with Crippen molar-refractivity contribution in [3.63, 3.8) is 0 Å².